The third-order valence-electron chi connectivity index (χ3n) is 5.22. The van der Waals surface area contributed by atoms with Crippen molar-refractivity contribution in [3.8, 4) is 0 Å². The van der Waals surface area contributed by atoms with Crippen molar-refractivity contribution in [2.45, 2.75) is 44.7 Å². The second kappa shape index (κ2) is 5.82. The zero-order valence-electron chi connectivity index (χ0n) is 12.3. The second-order valence-electron chi connectivity index (χ2n) is 6.48. The lowest BCUT2D eigenvalue weighted by Crippen LogP contribution is -2.40. The van der Waals surface area contributed by atoms with Gasteiger partial charge in [-0.05, 0) is 48.8 Å². The zero-order chi connectivity index (χ0) is 14.1. The van der Waals surface area contributed by atoms with Gasteiger partial charge in [-0.1, -0.05) is 25.5 Å². The van der Waals surface area contributed by atoms with E-state index in [0.29, 0.717) is 0 Å². The average Bonchev–Trinajstić information content (AvgIpc) is 3.00. The van der Waals surface area contributed by atoms with Crippen molar-refractivity contribution in [2.75, 3.05) is 13.1 Å². The molecule has 3 rings (SSSR count). The number of nitrogens with two attached hydrogens (primary N) is 1. The average molecular weight is 276 g/mol. The highest BCUT2D eigenvalue weighted by molar-refractivity contribution is 5.22. The number of hydrogen-bond donors (Lipinski definition) is 1. The van der Waals surface area contributed by atoms with Gasteiger partial charge in [0.2, 0.25) is 0 Å². The van der Waals surface area contributed by atoms with Gasteiger partial charge in [-0.2, -0.15) is 0 Å². The molecule has 2 N–H and O–H groups in total. The van der Waals surface area contributed by atoms with E-state index >= 15 is 0 Å². The summed E-state index contributed by atoms with van der Waals surface area (Å²) in [4.78, 5) is 2.51. The standard InChI is InChI=1S/C17H25FN2/c1-2-16(19)17(12-5-4-8-15(18)9-12)20-10-13-6-3-7-14(13)11-20/h4-5,8-9,13-14,16-17H,2-3,6-7,10-11,19H2,1H3. The van der Waals surface area contributed by atoms with Gasteiger partial charge in [0.1, 0.15) is 5.82 Å². The van der Waals surface area contributed by atoms with E-state index in [4.69, 9.17) is 5.73 Å². The third kappa shape index (κ3) is 2.61. The van der Waals surface area contributed by atoms with E-state index in [1.165, 1.54) is 25.3 Å². The van der Waals surface area contributed by atoms with E-state index in [2.05, 4.69) is 11.8 Å². The van der Waals surface area contributed by atoms with E-state index in [1.54, 1.807) is 12.1 Å². The van der Waals surface area contributed by atoms with Crippen LogP contribution in [0.3, 0.4) is 0 Å². The van der Waals surface area contributed by atoms with Crippen LogP contribution in [0.1, 0.15) is 44.2 Å². The third-order valence-corrected chi connectivity index (χ3v) is 5.22. The molecule has 4 atom stereocenters. The summed E-state index contributed by atoms with van der Waals surface area (Å²) in [5.41, 5.74) is 7.41. The summed E-state index contributed by atoms with van der Waals surface area (Å²) in [6.45, 7) is 4.40. The normalized spacial score (nSPS) is 29.4. The molecule has 0 bridgehead atoms. The van der Waals surface area contributed by atoms with Crippen molar-refractivity contribution >= 4 is 0 Å². The lowest BCUT2D eigenvalue weighted by Gasteiger charge is -2.33. The van der Waals surface area contributed by atoms with Crippen LogP contribution in [-0.2, 0) is 0 Å². The molecule has 20 heavy (non-hydrogen) atoms. The van der Waals surface area contributed by atoms with Crippen molar-refractivity contribution in [1.29, 1.82) is 0 Å². The maximum atomic E-state index is 13.6. The zero-order valence-corrected chi connectivity index (χ0v) is 12.3. The molecule has 1 aromatic carbocycles. The first-order chi connectivity index (χ1) is 9.69. The van der Waals surface area contributed by atoms with E-state index in [0.717, 1.165) is 36.9 Å². The predicted molar refractivity (Wildman–Crippen MR) is 79.8 cm³/mol. The number of halogens is 1. The van der Waals surface area contributed by atoms with E-state index in [-0.39, 0.29) is 17.9 Å². The summed E-state index contributed by atoms with van der Waals surface area (Å²) in [5, 5.41) is 0. The maximum absolute atomic E-state index is 13.6. The number of fused-ring (bicyclic) bond motifs is 1. The summed E-state index contributed by atoms with van der Waals surface area (Å²) in [5.74, 6) is 1.53. The SMILES string of the molecule is CCC(N)C(c1cccc(F)c1)N1CC2CCCC2C1. The molecule has 1 aliphatic carbocycles. The molecule has 1 aromatic rings. The number of nitrogens with zero attached hydrogens (tertiary/aromatic N) is 1. The quantitative estimate of drug-likeness (QED) is 0.914. The molecule has 1 saturated heterocycles. The summed E-state index contributed by atoms with van der Waals surface area (Å²) in [6, 6.07) is 7.25. The summed E-state index contributed by atoms with van der Waals surface area (Å²) < 4.78 is 13.6. The summed E-state index contributed by atoms with van der Waals surface area (Å²) in [6.07, 6.45) is 5.03. The van der Waals surface area contributed by atoms with Crippen LogP contribution in [0.15, 0.2) is 24.3 Å². The van der Waals surface area contributed by atoms with Gasteiger partial charge in [0.25, 0.3) is 0 Å². The first-order valence-electron chi connectivity index (χ1n) is 7.94. The molecule has 1 heterocycles. The van der Waals surface area contributed by atoms with Crippen molar-refractivity contribution in [3.63, 3.8) is 0 Å². The molecule has 3 heteroatoms. The summed E-state index contributed by atoms with van der Waals surface area (Å²) >= 11 is 0. The largest absolute Gasteiger partial charge is 0.326 e. The lowest BCUT2D eigenvalue weighted by molar-refractivity contribution is 0.194. The van der Waals surface area contributed by atoms with Crippen LogP contribution in [0, 0.1) is 17.7 Å². The predicted octanol–water partition coefficient (Wildman–Crippen LogP) is 3.34. The molecular formula is C17H25FN2. The topological polar surface area (TPSA) is 29.3 Å². The smallest absolute Gasteiger partial charge is 0.123 e. The Hall–Kier alpha value is -0.930. The van der Waals surface area contributed by atoms with E-state index < -0.39 is 0 Å². The Bertz CT molecular complexity index is 450. The Morgan fingerprint density at radius 3 is 2.60 bits per heavy atom. The van der Waals surface area contributed by atoms with E-state index in [9.17, 15) is 4.39 Å². The fraction of sp³-hybridized carbons (Fsp3) is 0.647. The van der Waals surface area contributed by atoms with Crippen molar-refractivity contribution in [1.82, 2.24) is 4.90 Å². The monoisotopic (exact) mass is 276 g/mol. The molecule has 0 spiro atoms. The fourth-order valence-corrected chi connectivity index (χ4v) is 4.14. The van der Waals surface area contributed by atoms with Crippen LogP contribution in [0.2, 0.25) is 0 Å². The molecule has 2 aliphatic rings. The van der Waals surface area contributed by atoms with Gasteiger partial charge in [-0.25, -0.2) is 4.39 Å². The number of rotatable bonds is 4. The Labute approximate surface area is 121 Å². The van der Waals surface area contributed by atoms with Gasteiger partial charge in [0, 0.05) is 25.2 Å². The second-order valence-corrected chi connectivity index (χ2v) is 6.48. The van der Waals surface area contributed by atoms with Gasteiger partial charge < -0.3 is 5.73 Å². The fourth-order valence-electron chi connectivity index (χ4n) is 4.14. The van der Waals surface area contributed by atoms with Gasteiger partial charge in [-0.15, -0.1) is 0 Å². The van der Waals surface area contributed by atoms with Crippen LogP contribution < -0.4 is 5.73 Å². The van der Waals surface area contributed by atoms with Crippen molar-refractivity contribution in [3.05, 3.63) is 35.6 Å². The van der Waals surface area contributed by atoms with Gasteiger partial charge >= 0.3 is 0 Å². The molecule has 2 fully saturated rings. The first-order valence-corrected chi connectivity index (χ1v) is 7.94. The lowest BCUT2D eigenvalue weighted by atomic mass is 9.96. The van der Waals surface area contributed by atoms with Crippen LogP contribution in [0.25, 0.3) is 0 Å². The minimum absolute atomic E-state index is 0.0793. The number of hydrogen-bond acceptors (Lipinski definition) is 2. The molecule has 2 nitrogen and oxygen atoms in total. The molecular weight excluding hydrogens is 251 g/mol. The van der Waals surface area contributed by atoms with Crippen molar-refractivity contribution < 1.29 is 4.39 Å². The van der Waals surface area contributed by atoms with E-state index in [1.807, 2.05) is 6.07 Å². The molecule has 0 radical (unpaired) electrons. The Kier molecular flexibility index (Phi) is 4.08. The van der Waals surface area contributed by atoms with Crippen LogP contribution in [0.4, 0.5) is 4.39 Å². The Balaban J connectivity index is 1.83. The molecule has 0 aromatic heterocycles. The van der Waals surface area contributed by atoms with Gasteiger partial charge in [-0.3, -0.25) is 4.90 Å². The summed E-state index contributed by atoms with van der Waals surface area (Å²) in [7, 11) is 0. The van der Waals surface area contributed by atoms with Gasteiger partial charge in [0.15, 0.2) is 0 Å². The molecule has 0 amide bonds. The molecule has 1 saturated carbocycles. The van der Waals surface area contributed by atoms with Crippen LogP contribution >= 0.6 is 0 Å². The number of benzene rings is 1. The van der Waals surface area contributed by atoms with Gasteiger partial charge in [0.05, 0.1) is 0 Å². The highest BCUT2D eigenvalue weighted by Gasteiger charge is 2.40. The highest BCUT2D eigenvalue weighted by Crippen LogP contribution is 2.41. The number of likely N-dealkylation sites (tertiary alicyclic amines) is 1. The highest BCUT2D eigenvalue weighted by atomic mass is 19.1. The van der Waals surface area contributed by atoms with Crippen molar-refractivity contribution in [2.24, 2.45) is 17.6 Å². The minimum atomic E-state index is -0.157. The molecule has 4 unspecified atom stereocenters. The maximum Gasteiger partial charge on any atom is 0.123 e. The minimum Gasteiger partial charge on any atom is -0.326 e. The van der Waals surface area contributed by atoms with Crippen LogP contribution in [-0.4, -0.2) is 24.0 Å². The van der Waals surface area contributed by atoms with Crippen LogP contribution in [0.5, 0.6) is 0 Å². The first kappa shape index (κ1) is 14.0. The molecule has 1 aliphatic heterocycles. The Morgan fingerprint density at radius 1 is 1.30 bits per heavy atom. The Morgan fingerprint density at radius 2 is 2.00 bits per heavy atom. The molecule has 110 valence electrons.